The van der Waals surface area contributed by atoms with E-state index in [9.17, 15) is 27.6 Å². The molecular weight excluding hydrogens is 508 g/mol. The van der Waals surface area contributed by atoms with Crippen molar-refractivity contribution >= 4 is 33.7 Å². The highest BCUT2D eigenvalue weighted by molar-refractivity contribution is 7.91. The highest BCUT2D eigenvalue weighted by Gasteiger charge is 2.62. The molecule has 0 bridgehead atoms. The minimum absolute atomic E-state index is 0.253. The quantitative estimate of drug-likeness (QED) is 0.443. The highest BCUT2D eigenvalue weighted by atomic mass is 32.2. The van der Waals surface area contributed by atoms with Crippen LogP contribution in [-0.4, -0.2) is 60.3 Å². The van der Waals surface area contributed by atoms with Crippen LogP contribution in [0.3, 0.4) is 0 Å². The van der Waals surface area contributed by atoms with Gasteiger partial charge in [-0.3, -0.25) is 23.9 Å². The summed E-state index contributed by atoms with van der Waals surface area (Å²) >= 11 is 0. The van der Waals surface area contributed by atoms with Crippen LogP contribution in [0.2, 0.25) is 0 Å². The first-order valence-electron chi connectivity index (χ1n) is 13.9. The molecule has 0 spiro atoms. The molecule has 5 unspecified atom stereocenters. The second-order valence-electron chi connectivity index (χ2n) is 12.6. The van der Waals surface area contributed by atoms with Crippen LogP contribution >= 0.6 is 0 Å². The Morgan fingerprint density at radius 3 is 2.45 bits per heavy atom. The summed E-state index contributed by atoms with van der Waals surface area (Å²) in [6, 6.07) is -0.793. The van der Waals surface area contributed by atoms with Crippen LogP contribution in [0.4, 0.5) is 0 Å². The monoisotopic (exact) mass is 550 g/mol. The number of hydrogen-bond donors (Lipinski definition) is 3. The zero-order valence-corrected chi connectivity index (χ0v) is 23.5. The SMILES string of the molecule is CC(C)(C)C(C(N)=O)C1CCCCC/C=C\C2CC2(C(=O)NS(=O)(=O)C2CC2)NC(=O)C2CCCN2C1=O. The number of nitrogens with one attached hydrogen (secondary N) is 2. The second-order valence-corrected chi connectivity index (χ2v) is 14.5. The predicted octanol–water partition coefficient (Wildman–Crippen LogP) is 1.74. The molecule has 4 aliphatic rings. The molecule has 212 valence electrons. The van der Waals surface area contributed by atoms with Gasteiger partial charge in [-0.1, -0.05) is 45.8 Å². The Labute approximate surface area is 225 Å². The van der Waals surface area contributed by atoms with E-state index < -0.39 is 61.8 Å². The molecule has 5 atom stereocenters. The van der Waals surface area contributed by atoms with Crippen LogP contribution in [0.1, 0.15) is 85.0 Å². The molecule has 1 saturated heterocycles. The fourth-order valence-corrected chi connectivity index (χ4v) is 7.57. The van der Waals surface area contributed by atoms with Gasteiger partial charge in [0.1, 0.15) is 11.6 Å². The Kier molecular flexibility index (Phi) is 7.99. The number of amides is 4. The van der Waals surface area contributed by atoms with Crippen molar-refractivity contribution in [2.45, 2.75) is 102 Å². The van der Waals surface area contributed by atoms with E-state index in [1.54, 1.807) is 4.90 Å². The number of carbonyl (C=O) groups is 4. The van der Waals surface area contributed by atoms with E-state index in [1.807, 2.05) is 32.9 Å². The Bertz CT molecular complexity index is 1110. The van der Waals surface area contributed by atoms with Gasteiger partial charge in [0.05, 0.1) is 17.1 Å². The van der Waals surface area contributed by atoms with Crippen LogP contribution in [0.5, 0.6) is 0 Å². The van der Waals surface area contributed by atoms with Crippen molar-refractivity contribution in [3.63, 3.8) is 0 Å². The first kappa shape index (κ1) is 28.6. The Hall–Kier alpha value is -2.43. The lowest BCUT2D eigenvalue weighted by Gasteiger charge is -2.37. The van der Waals surface area contributed by atoms with E-state index >= 15 is 0 Å². The van der Waals surface area contributed by atoms with Crippen LogP contribution < -0.4 is 15.8 Å². The lowest BCUT2D eigenvalue weighted by atomic mass is 9.70. The molecule has 11 heteroatoms. The first-order chi connectivity index (χ1) is 17.8. The van der Waals surface area contributed by atoms with Crippen molar-refractivity contribution < 1.29 is 27.6 Å². The van der Waals surface area contributed by atoms with Gasteiger partial charge in [-0.2, -0.15) is 0 Å². The second kappa shape index (κ2) is 10.6. The molecule has 3 fully saturated rings. The molecule has 2 aliphatic heterocycles. The first-order valence-corrected chi connectivity index (χ1v) is 15.5. The van der Waals surface area contributed by atoms with Gasteiger partial charge in [0.15, 0.2) is 0 Å². The number of hydrogen-bond acceptors (Lipinski definition) is 6. The summed E-state index contributed by atoms with van der Waals surface area (Å²) in [5.41, 5.74) is 3.93. The van der Waals surface area contributed by atoms with Crippen molar-refractivity contribution in [1.82, 2.24) is 14.9 Å². The summed E-state index contributed by atoms with van der Waals surface area (Å²) in [5.74, 6) is -3.60. The number of allylic oxidation sites excluding steroid dienone is 1. The molecule has 2 saturated carbocycles. The van der Waals surface area contributed by atoms with Crippen molar-refractivity contribution in [3.05, 3.63) is 12.2 Å². The van der Waals surface area contributed by atoms with Gasteiger partial charge in [0.25, 0.3) is 5.91 Å². The largest absolute Gasteiger partial charge is 0.369 e. The maximum Gasteiger partial charge on any atom is 0.259 e. The van der Waals surface area contributed by atoms with E-state index in [0.717, 1.165) is 25.7 Å². The van der Waals surface area contributed by atoms with Gasteiger partial charge in [-0.15, -0.1) is 0 Å². The van der Waals surface area contributed by atoms with Gasteiger partial charge in [-0.05, 0) is 56.8 Å². The highest BCUT2D eigenvalue weighted by Crippen LogP contribution is 2.46. The molecule has 38 heavy (non-hydrogen) atoms. The summed E-state index contributed by atoms with van der Waals surface area (Å²) < 4.78 is 27.2. The summed E-state index contributed by atoms with van der Waals surface area (Å²) in [5, 5.41) is 2.29. The van der Waals surface area contributed by atoms with Crippen molar-refractivity contribution in [3.8, 4) is 0 Å². The number of primary amides is 1. The van der Waals surface area contributed by atoms with E-state index in [1.165, 1.54) is 0 Å². The molecule has 0 radical (unpaired) electrons. The number of nitrogens with two attached hydrogens (primary N) is 1. The lowest BCUT2D eigenvalue weighted by molar-refractivity contribution is -0.148. The summed E-state index contributed by atoms with van der Waals surface area (Å²) in [4.78, 5) is 54.9. The Morgan fingerprint density at radius 2 is 1.82 bits per heavy atom. The fourth-order valence-electron chi connectivity index (χ4n) is 6.21. The van der Waals surface area contributed by atoms with Gasteiger partial charge < -0.3 is 16.0 Å². The van der Waals surface area contributed by atoms with Crippen LogP contribution in [0, 0.1) is 23.2 Å². The molecule has 4 N–H and O–H groups in total. The smallest absolute Gasteiger partial charge is 0.259 e. The van der Waals surface area contributed by atoms with Crippen LogP contribution in [0.15, 0.2) is 12.2 Å². The molecule has 0 aromatic rings. The van der Waals surface area contributed by atoms with Crippen molar-refractivity contribution in [2.24, 2.45) is 28.9 Å². The molecule has 0 aromatic heterocycles. The van der Waals surface area contributed by atoms with Crippen molar-refractivity contribution in [1.29, 1.82) is 0 Å². The third kappa shape index (κ3) is 5.92. The van der Waals surface area contributed by atoms with E-state index in [4.69, 9.17) is 5.73 Å². The minimum Gasteiger partial charge on any atom is -0.369 e. The van der Waals surface area contributed by atoms with E-state index in [2.05, 4.69) is 10.0 Å². The number of rotatable bonds is 5. The van der Waals surface area contributed by atoms with Gasteiger partial charge in [-0.25, -0.2) is 8.42 Å². The third-order valence-electron chi connectivity index (χ3n) is 8.52. The molecule has 10 nitrogen and oxygen atoms in total. The number of sulfonamides is 1. The molecule has 0 aromatic carbocycles. The maximum atomic E-state index is 13.9. The zero-order valence-electron chi connectivity index (χ0n) is 22.7. The van der Waals surface area contributed by atoms with E-state index in [-0.39, 0.29) is 11.8 Å². The van der Waals surface area contributed by atoms with Crippen molar-refractivity contribution in [2.75, 3.05) is 6.54 Å². The summed E-state index contributed by atoms with van der Waals surface area (Å²) in [6.45, 7) is 6.07. The molecule has 4 amide bonds. The Morgan fingerprint density at radius 1 is 1.11 bits per heavy atom. The average Bonchev–Trinajstić information content (AvgIpc) is 3.72. The third-order valence-corrected chi connectivity index (χ3v) is 10.3. The maximum absolute atomic E-state index is 13.9. The average molecular weight is 551 g/mol. The fraction of sp³-hybridized carbons (Fsp3) is 0.778. The molecule has 4 rings (SSSR count). The van der Waals surface area contributed by atoms with Gasteiger partial charge in [0, 0.05) is 12.5 Å². The Balaban J connectivity index is 1.62. The van der Waals surface area contributed by atoms with Gasteiger partial charge in [0.2, 0.25) is 27.7 Å². The number of carbonyl (C=O) groups excluding carboxylic acids is 4. The minimum atomic E-state index is -3.78. The number of fused-ring (bicyclic) bond motifs is 2. The predicted molar refractivity (Wildman–Crippen MR) is 142 cm³/mol. The molecular formula is C27H42N4O6S. The topological polar surface area (TPSA) is 156 Å². The molecule has 2 aliphatic carbocycles. The lowest BCUT2D eigenvalue weighted by Crippen LogP contribution is -2.57. The zero-order chi connectivity index (χ0) is 27.9. The normalized spacial score (nSPS) is 32.6. The van der Waals surface area contributed by atoms with E-state index in [0.29, 0.717) is 45.1 Å². The number of nitrogens with zero attached hydrogens (tertiary/aromatic N) is 1. The van der Waals surface area contributed by atoms with Crippen LogP contribution in [-0.2, 0) is 29.2 Å². The summed E-state index contributed by atoms with van der Waals surface area (Å²) in [7, 11) is -3.78. The standard InChI is InChI=1S/C27H42N4O6S/c1-26(2,3)21(22(28)32)19-11-8-6-4-5-7-10-17-16-27(17,25(35)30-38(36,37)18-13-14-18)29-23(33)20-12-9-15-31(20)24(19)34/h7,10,17-21H,4-6,8-9,11-16H2,1-3H3,(H2,28,32)(H,29,33)(H,30,35)/b10-7-. The van der Waals surface area contributed by atoms with Crippen LogP contribution in [0.25, 0.3) is 0 Å². The van der Waals surface area contributed by atoms with Gasteiger partial charge >= 0.3 is 0 Å². The molecule has 2 heterocycles. The summed E-state index contributed by atoms with van der Waals surface area (Å²) in [6.07, 6.45) is 10.0.